The molecule has 0 radical (unpaired) electrons. The predicted molar refractivity (Wildman–Crippen MR) is 87.7 cm³/mol. The number of carbonyl (C=O) groups excluding carboxylic acids is 1. The smallest absolute Gasteiger partial charge is 0.256 e. The highest BCUT2D eigenvalue weighted by atomic mass is 79.9. The van der Waals surface area contributed by atoms with Crippen LogP contribution >= 0.6 is 15.9 Å². The fourth-order valence-electron chi connectivity index (χ4n) is 2.24. The summed E-state index contributed by atoms with van der Waals surface area (Å²) in [5, 5.41) is 14.3. The van der Waals surface area contributed by atoms with Crippen molar-refractivity contribution in [1.82, 2.24) is 0 Å². The van der Waals surface area contributed by atoms with E-state index in [1.54, 1.807) is 24.3 Å². The second-order valence-electron chi connectivity index (χ2n) is 4.61. The van der Waals surface area contributed by atoms with E-state index in [0.29, 0.717) is 11.3 Å². The Kier molecular flexibility index (Phi) is 3.62. The van der Waals surface area contributed by atoms with E-state index >= 15 is 0 Å². The van der Waals surface area contributed by atoms with Crippen molar-refractivity contribution in [3.05, 3.63) is 70.7 Å². The van der Waals surface area contributed by atoms with Gasteiger partial charge in [0.1, 0.15) is 5.75 Å². The molecule has 3 aromatic carbocycles. The van der Waals surface area contributed by atoms with Gasteiger partial charge in [0.05, 0.1) is 5.69 Å². The van der Waals surface area contributed by atoms with Crippen LogP contribution < -0.4 is 5.32 Å². The van der Waals surface area contributed by atoms with Crippen LogP contribution in [0.25, 0.3) is 10.8 Å². The SMILES string of the molecule is O=C(Nc1ccccc1O)c1cccc2c(Br)cccc12. The van der Waals surface area contributed by atoms with Gasteiger partial charge in [-0.15, -0.1) is 0 Å². The summed E-state index contributed by atoms with van der Waals surface area (Å²) in [6, 6.07) is 18.0. The van der Waals surface area contributed by atoms with Gasteiger partial charge in [-0.05, 0) is 35.0 Å². The lowest BCUT2D eigenvalue weighted by atomic mass is 10.0. The molecule has 0 saturated carbocycles. The number of benzene rings is 3. The van der Waals surface area contributed by atoms with E-state index in [2.05, 4.69) is 21.2 Å². The second-order valence-corrected chi connectivity index (χ2v) is 5.47. The van der Waals surface area contributed by atoms with Crippen molar-refractivity contribution < 1.29 is 9.90 Å². The lowest BCUT2D eigenvalue weighted by Crippen LogP contribution is -2.12. The van der Waals surface area contributed by atoms with Crippen molar-refractivity contribution in [2.24, 2.45) is 0 Å². The molecule has 0 aliphatic heterocycles. The first-order valence-electron chi connectivity index (χ1n) is 6.43. The number of fused-ring (bicyclic) bond motifs is 1. The zero-order valence-electron chi connectivity index (χ0n) is 11.0. The number of aromatic hydroxyl groups is 1. The highest BCUT2D eigenvalue weighted by molar-refractivity contribution is 9.10. The Balaban J connectivity index is 2.03. The third kappa shape index (κ3) is 2.62. The third-order valence-corrected chi connectivity index (χ3v) is 3.96. The largest absolute Gasteiger partial charge is 0.506 e. The molecule has 104 valence electrons. The zero-order chi connectivity index (χ0) is 14.8. The summed E-state index contributed by atoms with van der Waals surface area (Å²) >= 11 is 3.49. The maximum absolute atomic E-state index is 12.5. The van der Waals surface area contributed by atoms with Gasteiger partial charge in [0, 0.05) is 10.0 Å². The van der Waals surface area contributed by atoms with Gasteiger partial charge in [-0.3, -0.25) is 4.79 Å². The number of rotatable bonds is 2. The van der Waals surface area contributed by atoms with Gasteiger partial charge >= 0.3 is 0 Å². The first-order valence-corrected chi connectivity index (χ1v) is 7.23. The Hall–Kier alpha value is -2.33. The summed E-state index contributed by atoms with van der Waals surface area (Å²) in [6.07, 6.45) is 0. The first kappa shape index (κ1) is 13.6. The van der Waals surface area contributed by atoms with Crippen molar-refractivity contribution in [2.75, 3.05) is 5.32 Å². The van der Waals surface area contributed by atoms with Gasteiger partial charge in [0.15, 0.2) is 0 Å². The Bertz CT molecular complexity index is 830. The summed E-state index contributed by atoms with van der Waals surface area (Å²) in [4.78, 5) is 12.5. The van der Waals surface area contributed by atoms with Gasteiger partial charge in [-0.25, -0.2) is 0 Å². The van der Waals surface area contributed by atoms with Crippen LogP contribution in [0.2, 0.25) is 0 Å². The number of carbonyl (C=O) groups is 1. The van der Waals surface area contributed by atoms with Gasteiger partial charge in [0.2, 0.25) is 0 Å². The van der Waals surface area contributed by atoms with E-state index in [4.69, 9.17) is 0 Å². The molecule has 0 aromatic heterocycles. The van der Waals surface area contributed by atoms with Crippen LogP contribution in [-0.4, -0.2) is 11.0 Å². The molecular formula is C17H12BrNO2. The molecule has 3 nitrogen and oxygen atoms in total. The van der Waals surface area contributed by atoms with Crippen molar-refractivity contribution in [1.29, 1.82) is 0 Å². The molecule has 0 fully saturated rings. The van der Waals surface area contributed by atoms with Crippen LogP contribution in [0.15, 0.2) is 65.1 Å². The molecule has 2 N–H and O–H groups in total. The van der Waals surface area contributed by atoms with Gasteiger partial charge in [-0.1, -0.05) is 52.3 Å². The number of phenols is 1. The van der Waals surface area contributed by atoms with E-state index in [9.17, 15) is 9.90 Å². The number of hydrogen-bond acceptors (Lipinski definition) is 2. The van der Waals surface area contributed by atoms with Crippen LogP contribution in [-0.2, 0) is 0 Å². The molecule has 3 aromatic rings. The number of hydrogen-bond donors (Lipinski definition) is 2. The third-order valence-electron chi connectivity index (χ3n) is 3.27. The summed E-state index contributed by atoms with van der Waals surface area (Å²) in [5.74, 6) is -0.201. The van der Waals surface area contributed by atoms with Crippen molar-refractivity contribution in [2.45, 2.75) is 0 Å². The Morgan fingerprint density at radius 1 is 0.905 bits per heavy atom. The van der Waals surface area contributed by atoms with E-state index < -0.39 is 0 Å². The number of para-hydroxylation sites is 2. The molecule has 3 rings (SSSR count). The normalized spacial score (nSPS) is 10.5. The molecule has 0 aliphatic rings. The van der Waals surface area contributed by atoms with E-state index in [-0.39, 0.29) is 11.7 Å². The maximum atomic E-state index is 12.5. The molecule has 0 spiro atoms. The zero-order valence-corrected chi connectivity index (χ0v) is 12.6. The highest BCUT2D eigenvalue weighted by Gasteiger charge is 2.12. The molecule has 1 amide bonds. The minimum absolute atomic E-state index is 0.0484. The Morgan fingerprint density at radius 2 is 1.62 bits per heavy atom. The van der Waals surface area contributed by atoms with Crippen LogP contribution in [0.1, 0.15) is 10.4 Å². The van der Waals surface area contributed by atoms with Crippen LogP contribution in [0.3, 0.4) is 0 Å². The fraction of sp³-hybridized carbons (Fsp3) is 0. The molecule has 0 atom stereocenters. The summed E-state index contributed by atoms with van der Waals surface area (Å²) < 4.78 is 0.942. The van der Waals surface area contributed by atoms with Gasteiger partial charge in [-0.2, -0.15) is 0 Å². The van der Waals surface area contributed by atoms with Gasteiger partial charge < -0.3 is 10.4 Å². The molecule has 0 heterocycles. The molecule has 0 bridgehead atoms. The van der Waals surface area contributed by atoms with E-state index in [1.807, 2.05) is 30.3 Å². The van der Waals surface area contributed by atoms with Crippen LogP contribution in [0.5, 0.6) is 5.75 Å². The highest BCUT2D eigenvalue weighted by Crippen LogP contribution is 2.28. The minimum atomic E-state index is -0.250. The fourth-order valence-corrected chi connectivity index (χ4v) is 2.74. The standard InChI is InChI=1S/C17H12BrNO2/c18-14-8-4-5-11-12(14)6-3-7-13(11)17(21)19-15-9-1-2-10-16(15)20/h1-10,20H,(H,19,21). The van der Waals surface area contributed by atoms with Crippen molar-refractivity contribution in [3.63, 3.8) is 0 Å². The number of phenolic OH excluding ortho intramolecular Hbond substituents is 1. The maximum Gasteiger partial charge on any atom is 0.256 e. The van der Waals surface area contributed by atoms with Crippen LogP contribution in [0.4, 0.5) is 5.69 Å². The lowest BCUT2D eigenvalue weighted by molar-refractivity contribution is 0.102. The Labute approximate surface area is 130 Å². The van der Waals surface area contributed by atoms with E-state index in [1.165, 1.54) is 6.07 Å². The Morgan fingerprint density at radius 3 is 2.43 bits per heavy atom. The molecule has 0 aliphatic carbocycles. The molecular weight excluding hydrogens is 330 g/mol. The van der Waals surface area contributed by atoms with Crippen LogP contribution in [0, 0.1) is 0 Å². The first-order chi connectivity index (χ1) is 10.2. The number of nitrogens with one attached hydrogen (secondary N) is 1. The predicted octanol–water partition coefficient (Wildman–Crippen LogP) is 4.56. The van der Waals surface area contributed by atoms with E-state index in [0.717, 1.165) is 15.2 Å². The van der Waals surface area contributed by atoms with Crippen molar-refractivity contribution in [3.8, 4) is 5.75 Å². The summed E-state index contributed by atoms with van der Waals surface area (Å²) in [6.45, 7) is 0. The second kappa shape index (κ2) is 5.58. The lowest BCUT2D eigenvalue weighted by Gasteiger charge is -2.10. The average molecular weight is 342 g/mol. The molecule has 21 heavy (non-hydrogen) atoms. The number of anilines is 1. The van der Waals surface area contributed by atoms with Gasteiger partial charge in [0.25, 0.3) is 5.91 Å². The quantitative estimate of drug-likeness (QED) is 0.671. The monoisotopic (exact) mass is 341 g/mol. The summed E-state index contributed by atoms with van der Waals surface area (Å²) in [5.41, 5.74) is 0.964. The van der Waals surface area contributed by atoms with Crippen molar-refractivity contribution >= 4 is 38.3 Å². The minimum Gasteiger partial charge on any atom is -0.506 e. The number of amides is 1. The summed E-state index contributed by atoms with van der Waals surface area (Å²) in [7, 11) is 0. The topological polar surface area (TPSA) is 49.3 Å². The molecule has 0 saturated heterocycles. The molecule has 4 heteroatoms. The average Bonchev–Trinajstić information content (AvgIpc) is 2.49. The number of halogens is 1. The molecule has 0 unspecified atom stereocenters.